The van der Waals surface area contributed by atoms with Crippen LogP contribution in [-0.4, -0.2) is 29.7 Å². The number of hydrogen-bond acceptors (Lipinski definition) is 7. The van der Waals surface area contributed by atoms with Gasteiger partial charge in [0.1, 0.15) is 5.75 Å². The third-order valence-electron chi connectivity index (χ3n) is 4.82. The van der Waals surface area contributed by atoms with Gasteiger partial charge >= 0.3 is 5.97 Å². The van der Waals surface area contributed by atoms with Crippen molar-refractivity contribution in [3.63, 3.8) is 0 Å². The van der Waals surface area contributed by atoms with Gasteiger partial charge in [-0.05, 0) is 42.3 Å². The number of hydrogen-bond donors (Lipinski definition) is 0. The minimum absolute atomic E-state index is 0.232. The molecule has 0 fully saturated rings. The van der Waals surface area contributed by atoms with E-state index in [0.717, 1.165) is 11.1 Å². The number of pyridine rings is 1. The highest BCUT2D eigenvalue weighted by molar-refractivity contribution is 7.07. The van der Waals surface area contributed by atoms with Crippen molar-refractivity contribution >= 4 is 23.4 Å². The number of fused-ring (bicyclic) bond motifs is 1. The van der Waals surface area contributed by atoms with Crippen molar-refractivity contribution in [2.75, 3.05) is 14.2 Å². The molecule has 0 amide bonds. The van der Waals surface area contributed by atoms with Gasteiger partial charge in [-0.15, -0.1) is 0 Å². The molecule has 3 aromatic rings. The SMILES string of the molecule is COC(=O)C1=C(C)N=c2sc(=Cc3cccnc3)c(=O)n2[C@H]1c1cccc(OC)c1. The van der Waals surface area contributed by atoms with Crippen LogP contribution in [0.3, 0.4) is 0 Å². The van der Waals surface area contributed by atoms with Crippen molar-refractivity contribution in [1.29, 1.82) is 0 Å². The molecule has 0 bridgehead atoms. The van der Waals surface area contributed by atoms with Crippen LogP contribution < -0.4 is 19.6 Å². The van der Waals surface area contributed by atoms with Gasteiger partial charge in [0.05, 0.1) is 36.1 Å². The van der Waals surface area contributed by atoms with Crippen molar-refractivity contribution in [3.05, 3.63) is 90.9 Å². The zero-order valence-corrected chi connectivity index (χ0v) is 17.5. The average Bonchev–Trinajstić information content (AvgIpc) is 3.07. The third kappa shape index (κ3) is 3.46. The van der Waals surface area contributed by atoms with E-state index in [2.05, 4.69) is 9.98 Å². The van der Waals surface area contributed by atoms with Crippen molar-refractivity contribution in [2.24, 2.45) is 4.99 Å². The minimum Gasteiger partial charge on any atom is -0.497 e. The van der Waals surface area contributed by atoms with Crippen LogP contribution in [0, 0.1) is 0 Å². The molecule has 0 saturated heterocycles. The molecule has 152 valence electrons. The van der Waals surface area contributed by atoms with Gasteiger partial charge in [0.25, 0.3) is 5.56 Å². The maximum absolute atomic E-state index is 13.4. The second-order valence-corrected chi connectivity index (χ2v) is 7.65. The number of allylic oxidation sites excluding steroid dienone is 1. The van der Waals surface area contributed by atoms with Crippen LogP contribution in [0.2, 0.25) is 0 Å². The molecular weight excluding hydrogens is 402 g/mol. The Morgan fingerprint density at radius 2 is 2.07 bits per heavy atom. The van der Waals surface area contributed by atoms with Gasteiger partial charge in [0.2, 0.25) is 0 Å². The molecule has 30 heavy (non-hydrogen) atoms. The molecule has 0 unspecified atom stereocenters. The third-order valence-corrected chi connectivity index (χ3v) is 5.80. The van der Waals surface area contributed by atoms with Crippen LogP contribution in [0.4, 0.5) is 0 Å². The quantitative estimate of drug-likeness (QED) is 0.600. The van der Waals surface area contributed by atoms with E-state index in [1.807, 2.05) is 30.3 Å². The lowest BCUT2D eigenvalue weighted by atomic mass is 9.96. The van der Waals surface area contributed by atoms with Gasteiger partial charge in [0.15, 0.2) is 4.80 Å². The second kappa shape index (κ2) is 8.08. The lowest BCUT2D eigenvalue weighted by Crippen LogP contribution is -2.39. The number of aromatic nitrogens is 2. The number of benzene rings is 1. The van der Waals surface area contributed by atoms with E-state index in [1.165, 1.54) is 18.4 Å². The van der Waals surface area contributed by atoms with E-state index in [4.69, 9.17) is 9.47 Å². The summed E-state index contributed by atoms with van der Waals surface area (Å²) in [5.41, 5.74) is 2.15. The summed E-state index contributed by atoms with van der Waals surface area (Å²) in [4.78, 5) is 35.2. The number of carbonyl (C=O) groups excluding carboxylic acids is 1. The molecule has 4 rings (SSSR count). The smallest absolute Gasteiger partial charge is 0.338 e. The predicted octanol–water partition coefficient (Wildman–Crippen LogP) is 1.81. The molecule has 7 nitrogen and oxygen atoms in total. The van der Waals surface area contributed by atoms with Crippen molar-refractivity contribution in [3.8, 4) is 5.75 Å². The number of ether oxygens (including phenoxy) is 2. The maximum Gasteiger partial charge on any atom is 0.338 e. The zero-order chi connectivity index (χ0) is 21.3. The Morgan fingerprint density at radius 3 is 2.77 bits per heavy atom. The van der Waals surface area contributed by atoms with Gasteiger partial charge in [-0.2, -0.15) is 0 Å². The molecule has 2 aromatic heterocycles. The molecule has 0 aliphatic carbocycles. The molecule has 1 aliphatic rings. The van der Waals surface area contributed by atoms with E-state index in [0.29, 0.717) is 26.4 Å². The first-order valence-corrected chi connectivity index (χ1v) is 10.00. The first-order valence-electron chi connectivity index (χ1n) is 9.18. The standard InChI is InChI=1S/C22H19N3O4S/c1-13-18(21(27)29-3)19(15-7-4-8-16(11-15)28-2)25-20(26)17(30-22(25)24-13)10-14-6-5-9-23-12-14/h4-12,19H,1-3H3/t19-/m0/s1. The normalized spacial score (nSPS) is 16.1. The molecule has 8 heteroatoms. The predicted molar refractivity (Wildman–Crippen MR) is 113 cm³/mol. The molecule has 0 radical (unpaired) electrons. The summed E-state index contributed by atoms with van der Waals surface area (Å²) in [7, 11) is 2.89. The summed E-state index contributed by atoms with van der Waals surface area (Å²) < 4.78 is 12.4. The summed E-state index contributed by atoms with van der Waals surface area (Å²) in [6.07, 6.45) is 5.13. The first kappa shape index (κ1) is 19.8. The van der Waals surface area contributed by atoms with E-state index >= 15 is 0 Å². The average molecular weight is 421 g/mol. The number of esters is 1. The van der Waals surface area contributed by atoms with Gasteiger partial charge in [-0.1, -0.05) is 29.5 Å². The lowest BCUT2D eigenvalue weighted by Gasteiger charge is -2.24. The van der Waals surface area contributed by atoms with Crippen molar-refractivity contribution in [2.45, 2.75) is 13.0 Å². The number of thiazole rings is 1. The van der Waals surface area contributed by atoms with Crippen molar-refractivity contribution in [1.82, 2.24) is 9.55 Å². The topological polar surface area (TPSA) is 82.8 Å². The fourth-order valence-corrected chi connectivity index (χ4v) is 4.48. The summed E-state index contributed by atoms with van der Waals surface area (Å²) in [6.45, 7) is 1.75. The number of methoxy groups -OCH3 is 2. The molecule has 1 atom stereocenters. The molecule has 1 aliphatic heterocycles. The Hall–Kier alpha value is -3.52. The first-order chi connectivity index (χ1) is 14.5. The van der Waals surface area contributed by atoms with E-state index in [9.17, 15) is 9.59 Å². The summed E-state index contributed by atoms with van der Waals surface area (Å²) >= 11 is 1.27. The highest BCUT2D eigenvalue weighted by atomic mass is 32.1. The molecule has 0 spiro atoms. The van der Waals surface area contributed by atoms with Crippen molar-refractivity contribution < 1.29 is 14.3 Å². The molecule has 0 N–H and O–H groups in total. The minimum atomic E-state index is -0.667. The number of nitrogens with zero attached hydrogens (tertiary/aromatic N) is 3. The highest BCUT2D eigenvalue weighted by Gasteiger charge is 2.33. The Bertz CT molecular complexity index is 1320. The van der Waals surface area contributed by atoms with Crippen LogP contribution in [0.5, 0.6) is 5.75 Å². The summed E-state index contributed by atoms with van der Waals surface area (Å²) in [5.74, 6) is 0.106. The Morgan fingerprint density at radius 1 is 1.23 bits per heavy atom. The zero-order valence-electron chi connectivity index (χ0n) is 16.7. The molecule has 0 saturated carbocycles. The molecule has 1 aromatic carbocycles. The Kier molecular flexibility index (Phi) is 5.33. The van der Waals surface area contributed by atoms with E-state index in [1.54, 1.807) is 43.1 Å². The summed E-state index contributed by atoms with van der Waals surface area (Å²) in [6, 6.07) is 10.3. The van der Waals surface area contributed by atoms with Crippen LogP contribution in [0.25, 0.3) is 6.08 Å². The lowest BCUT2D eigenvalue weighted by molar-refractivity contribution is -0.136. The van der Waals surface area contributed by atoms with E-state index in [-0.39, 0.29) is 5.56 Å². The summed E-state index contributed by atoms with van der Waals surface area (Å²) in [5, 5.41) is 0. The number of carbonyl (C=O) groups is 1. The largest absolute Gasteiger partial charge is 0.497 e. The monoisotopic (exact) mass is 421 g/mol. The Labute approximate surface area is 176 Å². The number of rotatable bonds is 4. The fraction of sp³-hybridized carbons (Fsp3) is 0.182. The maximum atomic E-state index is 13.4. The van der Waals surface area contributed by atoms with Gasteiger partial charge < -0.3 is 9.47 Å². The highest BCUT2D eigenvalue weighted by Crippen LogP contribution is 2.32. The van der Waals surface area contributed by atoms with Gasteiger partial charge in [0, 0.05) is 12.4 Å². The molecule has 3 heterocycles. The second-order valence-electron chi connectivity index (χ2n) is 6.64. The van der Waals surface area contributed by atoms with Crippen LogP contribution >= 0.6 is 11.3 Å². The van der Waals surface area contributed by atoms with Crippen LogP contribution in [-0.2, 0) is 9.53 Å². The molecular formula is C22H19N3O4S. The van der Waals surface area contributed by atoms with Crippen LogP contribution in [0.1, 0.15) is 24.1 Å². The van der Waals surface area contributed by atoms with Crippen LogP contribution in [0.15, 0.2) is 69.8 Å². The Balaban J connectivity index is 1.99. The van der Waals surface area contributed by atoms with Gasteiger partial charge in [-0.3, -0.25) is 14.3 Å². The fourth-order valence-electron chi connectivity index (χ4n) is 3.43. The van der Waals surface area contributed by atoms with E-state index < -0.39 is 12.0 Å². The van der Waals surface area contributed by atoms with Gasteiger partial charge in [-0.25, -0.2) is 9.79 Å².